The summed E-state index contributed by atoms with van der Waals surface area (Å²) in [5.41, 5.74) is 1.49. The van der Waals surface area contributed by atoms with Crippen molar-refractivity contribution in [2.24, 2.45) is 0 Å². The number of sulfonamides is 1. The van der Waals surface area contributed by atoms with Crippen LogP contribution >= 0.6 is 0 Å². The van der Waals surface area contributed by atoms with Crippen LogP contribution in [0.25, 0.3) is 6.08 Å². The predicted molar refractivity (Wildman–Crippen MR) is 144 cm³/mol. The molecule has 9 nitrogen and oxygen atoms in total. The zero-order chi connectivity index (χ0) is 27.0. The Morgan fingerprint density at radius 3 is 1.92 bits per heavy atom. The summed E-state index contributed by atoms with van der Waals surface area (Å²) < 4.78 is 67.8. The zero-order valence-electron chi connectivity index (χ0n) is 21.1. The molecule has 1 N–H and O–H groups in total. The molecule has 0 saturated heterocycles. The van der Waals surface area contributed by atoms with Crippen molar-refractivity contribution in [1.82, 2.24) is 0 Å². The van der Waals surface area contributed by atoms with Crippen LogP contribution in [0.5, 0.6) is 28.7 Å². The molecule has 3 aromatic rings. The van der Waals surface area contributed by atoms with Crippen molar-refractivity contribution in [3.05, 3.63) is 71.1 Å². The molecule has 3 aromatic carbocycles. The van der Waals surface area contributed by atoms with Crippen molar-refractivity contribution in [3.8, 4) is 28.7 Å². The number of hydrogen-bond donors (Lipinski definition) is 1. The van der Waals surface area contributed by atoms with Gasteiger partial charge in [0.05, 0.1) is 51.7 Å². The minimum atomic E-state index is -3.90. The van der Waals surface area contributed by atoms with Crippen LogP contribution in [-0.2, 0) is 27.0 Å². The zero-order valence-corrected chi connectivity index (χ0v) is 22.8. The molecule has 198 valence electrons. The summed E-state index contributed by atoms with van der Waals surface area (Å²) in [6.07, 6.45) is 1.66. The lowest BCUT2D eigenvalue weighted by atomic mass is 10.1. The first kappa shape index (κ1) is 28.0. The van der Waals surface area contributed by atoms with Crippen LogP contribution in [0.2, 0.25) is 0 Å². The van der Waals surface area contributed by atoms with E-state index in [0.717, 1.165) is 0 Å². The molecule has 3 rings (SSSR count). The average molecular weight is 548 g/mol. The van der Waals surface area contributed by atoms with Crippen molar-refractivity contribution in [2.45, 2.75) is 10.6 Å². The fraction of sp³-hybridized carbons (Fsp3) is 0.231. The van der Waals surface area contributed by atoms with E-state index in [9.17, 15) is 13.0 Å². The topological polar surface area (TPSA) is 115 Å². The highest BCUT2D eigenvalue weighted by molar-refractivity contribution is 7.93. The van der Waals surface area contributed by atoms with Gasteiger partial charge in [0, 0.05) is 23.8 Å². The monoisotopic (exact) mass is 547 g/mol. The molecule has 0 aliphatic carbocycles. The highest BCUT2D eigenvalue weighted by Crippen LogP contribution is 2.35. The number of ether oxygens (including phenoxy) is 5. The van der Waals surface area contributed by atoms with E-state index < -0.39 is 21.2 Å². The SMILES string of the molecule is COc1ccc(S(=O)(=O)Nc2cc(C[S+]([O-])C=Cc3c(OC)cc(OC)cc3OC)ccc2OC)cc1. The lowest BCUT2D eigenvalue weighted by Crippen LogP contribution is -2.14. The Kier molecular flexibility index (Phi) is 9.56. The summed E-state index contributed by atoms with van der Waals surface area (Å²) in [5, 5.41) is 1.53. The van der Waals surface area contributed by atoms with Crippen LogP contribution in [0.15, 0.2) is 64.9 Å². The van der Waals surface area contributed by atoms with E-state index in [1.165, 1.54) is 46.0 Å². The second-order valence-electron chi connectivity index (χ2n) is 7.59. The second-order valence-corrected chi connectivity index (χ2v) is 10.6. The second kappa shape index (κ2) is 12.6. The van der Waals surface area contributed by atoms with E-state index in [0.29, 0.717) is 39.9 Å². The summed E-state index contributed by atoms with van der Waals surface area (Å²) >= 11 is -1.43. The predicted octanol–water partition coefficient (Wildman–Crippen LogP) is 4.45. The lowest BCUT2D eigenvalue weighted by molar-refractivity contribution is 0.374. The van der Waals surface area contributed by atoms with Gasteiger partial charge in [-0.2, -0.15) is 0 Å². The average Bonchev–Trinajstić information content (AvgIpc) is 2.91. The van der Waals surface area contributed by atoms with Crippen molar-refractivity contribution >= 4 is 33.0 Å². The normalized spacial score (nSPS) is 12.2. The van der Waals surface area contributed by atoms with Crippen molar-refractivity contribution in [1.29, 1.82) is 0 Å². The Morgan fingerprint density at radius 1 is 0.784 bits per heavy atom. The molecule has 0 saturated carbocycles. The van der Waals surface area contributed by atoms with Gasteiger partial charge < -0.3 is 28.2 Å². The molecule has 0 aliphatic rings. The maximum atomic E-state index is 12.9. The van der Waals surface area contributed by atoms with E-state index in [1.54, 1.807) is 55.7 Å². The molecule has 0 radical (unpaired) electrons. The Hall–Kier alpha value is -3.54. The highest BCUT2D eigenvalue weighted by atomic mass is 32.2. The summed E-state index contributed by atoms with van der Waals surface area (Å²) in [5.74, 6) is 2.58. The Bertz CT molecular complexity index is 1320. The fourth-order valence-electron chi connectivity index (χ4n) is 3.44. The van der Waals surface area contributed by atoms with Crippen molar-refractivity contribution in [3.63, 3.8) is 0 Å². The van der Waals surface area contributed by atoms with E-state index in [-0.39, 0.29) is 16.3 Å². The van der Waals surface area contributed by atoms with E-state index in [4.69, 9.17) is 23.7 Å². The molecule has 11 heteroatoms. The molecule has 0 aliphatic heterocycles. The van der Waals surface area contributed by atoms with Gasteiger partial charge >= 0.3 is 0 Å². The molecule has 0 spiro atoms. The highest BCUT2D eigenvalue weighted by Gasteiger charge is 2.18. The van der Waals surface area contributed by atoms with E-state index in [1.807, 2.05) is 0 Å². The first-order chi connectivity index (χ1) is 17.7. The molecule has 0 fully saturated rings. The van der Waals surface area contributed by atoms with Gasteiger partial charge in [0.25, 0.3) is 10.0 Å². The minimum absolute atomic E-state index is 0.0645. The van der Waals surface area contributed by atoms with Crippen molar-refractivity contribution < 1.29 is 36.7 Å². The molecular formula is C26H29NO8S2. The summed E-state index contributed by atoms with van der Waals surface area (Å²) in [6.45, 7) is 0. The number of benzene rings is 3. The van der Waals surface area contributed by atoms with Crippen LogP contribution in [-0.4, -0.2) is 48.5 Å². The third-order valence-corrected chi connectivity index (χ3v) is 7.77. The standard InChI is InChI=1S/C26H29NO8S2/c1-31-19-7-9-21(10-8-19)37(29,30)27-23-14-18(6-11-24(23)33-3)17-36(28)13-12-22-25(34-4)15-20(32-2)16-26(22)35-5/h6-16,27H,17H2,1-5H3. The smallest absolute Gasteiger partial charge is 0.262 e. The molecule has 37 heavy (non-hydrogen) atoms. The third kappa shape index (κ3) is 7.03. The summed E-state index contributed by atoms with van der Waals surface area (Å²) in [4.78, 5) is 0.0645. The number of hydrogen-bond acceptors (Lipinski definition) is 8. The summed E-state index contributed by atoms with van der Waals surface area (Å²) in [7, 11) is 3.63. The van der Waals surface area contributed by atoms with Crippen LogP contribution in [0.1, 0.15) is 11.1 Å². The number of rotatable bonds is 12. The first-order valence-electron chi connectivity index (χ1n) is 10.9. The Morgan fingerprint density at radius 2 is 1.38 bits per heavy atom. The third-order valence-electron chi connectivity index (χ3n) is 5.33. The maximum Gasteiger partial charge on any atom is 0.262 e. The van der Waals surface area contributed by atoms with Crippen molar-refractivity contribution in [2.75, 3.05) is 40.3 Å². The molecule has 1 unspecified atom stereocenters. The number of nitrogens with one attached hydrogen (secondary N) is 1. The molecule has 0 heterocycles. The van der Waals surface area contributed by atoms with Crippen LogP contribution in [0.3, 0.4) is 0 Å². The summed E-state index contributed by atoms with van der Waals surface area (Å²) in [6, 6.07) is 14.4. The van der Waals surface area contributed by atoms with Gasteiger partial charge in [-0.1, -0.05) is 6.07 Å². The Labute approximate surface area is 220 Å². The largest absolute Gasteiger partial charge is 0.612 e. The first-order valence-corrected chi connectivity index (χ1v) is 13.8. The number of methoxy groups -OCH3 is 5. The lowest BCUT2D eigenvalue weighted by Gasteiger charge is -2.14. The molecule has 0 aromatic heterocycles. The number of anilines is 1. The molecule has 1 atom stereocenters. The van der Waals surface area contributed by atoms with E-state index >= 15 is 0 Å². The van der Waals surface area contributed by atoms with Gasteiger partial charge in [-0.05, 0) is 47.6 Å². The van der Waals surface area contributed by atoms with Gasteiger partial charge in [0.2, 0.25) is 0 Å². The van der Waals surface area contributed by atoms with Gasteiger partial charge in [0.15, 0.2) is 0 Å². The molecular weight excluding hydrogens is 518 g/mol. The van der Waals surface area contributed by atoms with Gasteiger partial charge in [-0.3, -0.25) is 4.72 Å². The van der Waals surface area contributed by atoms with Crippen LogP contribution in [0.4, 0.5) is 5.69 Å². The van der Waals surface area contributed by atoms with Gasteiger partial charge in [-0.25, -0.2) is 8.42 Å². The fourth-order valence-corrected chi connectivity index (χ4v) is 5.39. The maximum absolute atomic E-state index is 12.9. The Balaban J connectivity index is 1.81. The van der Waals surface area contributed by atoms with E-state index in [2.05, 4.69) is 4.72 Å². The van der Waals surface area contributed by atoms with Crippen LogP contribution < -0.4 is 28.4 Å². The molecule has 0 bridgehead atoms. The molecule has 0 amide bonds. The van der Waals surface area contributed by atoms with Gasteiger partial charge in [0.1, 0.15) is 39.9 Å². The quantitative estimate of drug-likeness (QED) is 0.331. The minimum Gasteiger partial charge on any atom is -0.612 e. The van der Waals surface area contributed by atoms with Crippen LogP contribution in [0, 0.1) is 0 Å². The van der Waals surface area contributed by atoms with Gasteiger partial charge in [-0.15, -0.1) is 0 Å².